The van der Waals surface area contributed by atoms with Gasteiger partial charge >= 0.3 is 5.97 Å². The number of rotatable bonds is 7. The van der Waals surface area contributed by atoms with Crippen LogP contribution in [0.15, 0.2) is 0 Å². The second-order valence-corrected chi connectivity index (χ2v) is 6.89. The summed E-state index contributed by atoms with van der Waals surface area (Å²) in [5, 5.41) is 3.54. The highest BCUT2D eigenvalue weighted by Gasteiger charge is 2.53. The molecular formula is C16H30N2O2. The van der Waals surface area contributed by atoms with E-state index in [0.717, 1.165) is 19.4 Å². The van der Waals surface area contributed by atoms with Gasteiger partial charge in [-0.05, 0) is 52.5 Å². The van der Waals surface area contributed by atoms with Gasteiger partial charge in [-0.1, -0.05) is 12.8 Å². The van der Waals surface area contributed by atoms with Gasteiger partial charge in [-0.3, -0.25) is 5.32 Å². The summed E-state index contributed by atoms with van der Waals surface area (Å²) in [7, 11) is 3.68. The lowest BCUT2D eigenvalue weighted by Gasteiger charge is -2.39. The fourth-order valence-corrected chi connectivity index (χ4v) is 3.72. The normalized spacial score (nSPS) is 23.3. The first-order valence-corrected chi connectivity index (χ1v) is 8.06. The van der Waals surface area contributed by atoms with Gasteiger partial charge in [0.05, 0.1) is 7.11 Å². The number of nitrogens with one attached hydrogen (secondary N) is 1. The molecule has 2 aliphatic rings. The van der Waals surface area contributed by atoms with Crippen molar-refractivity contribution in [3.63, 3.8) is 0 Å². The molecule has 0 aliphatic heterocycles. The molecule has 4 nitrogen and oxygen atoms in total. The second-order valence-electron chi connectivity index (χ2n) is 6.89. The van der Waals surface area contributed by atoms with Gasteiger partial charge in [0.25, 0.3) is 0 Å². The summed E-state index contributed by atoms with van der Waals surface area (Å²) in [5.74, 6) is 0.347. The largest absolute Gasteiger partial charge is 0.468 e. The lowest BCUT2D eigenvalue weighted by atomic mass is 9.90. The van der Waals surface area contributed by atoms with Gasteiger partial charge in [0.15, 0.2) is 0 Å². The average molecular weight is 282 g/mol. The topological polar surface area (TPSA) is 41.6 Å². The highest BCUT2D eigenvalue weighted by Crippen LogP contribution is 2.42. The predicted molar refractivity (Wildman–Crippen MR) is 80.6 cm³/mol. The van der Waals surface area contributed by atoms with Crippen molar-refractivity contribution in [2.75, 3.05) is 20.7 Å². The Kier molecular flexibility index (Phi) is 5.08. The van der Waals surface area contributed by atoms with Crippen LogP contribution < -0.4 is 5.32 Å². The lowest BCUT2D eigenvalue weighted by Crippen LogP contribution is -2.63. The summed E-state index contributed by atoms with van der Waals surface area (Å²) < 4.78 is 5.15. The summed E-state index contributed by atoms with van der Waals surface area (Å²) in [6.07, 6.45) is 7.43. The quantitative estimate of drug-likeness (QED) is 0.727. The maximum atomic E-state index is 12.5. The van der Waals surface area contributed by atoms with Crippen molar-refractivity contribution in [2.45, 2.75) is 70.0 Å². The Hall–Kier alpha value is -0.610. The lowest BCUT2D eigenvalue weighted by molar-refractivity contribution is -0.151. The van der Waals surface area contributed by atoms with Crippen LogP contribution in [0.25, 0.3) is 0 Å². The van der Waals surface area contributed by atoms with Gasteiger partial charge in [-0.25, -0.2) is 4.79 Å². The van der Waals surface area contributed by atoms with Crippen LogP contribution in [0, 0.1) is 5.92 Å². The van der Waals surface area contributed by atoms with Crippen LogP contribution in [0.2, 0.25) is 0 Å². The first-order valence-electron chi connectivity index (χ1n) is 8.06. The second kappa shape index (κ2) is 6.44. The zero-order chi connectivity index (χ0) is 14.8. The third kappa shape index (κ3) is 3.34. The molecular weight excluding hydrogens is 252 g/mol. The Labute approximate surface area is 123 Å². The third-order valence-electron chi connectivity index (χ3n) is 4.82. The first kappa shape index (κ1) is 15.8. The molecule has 20 heavy (non-hydrogen) atoms. The minimum Gasteiger partial charge on any atom is -0.468 e. The Morgan fingerprint density at radius 3 is 2.35 bits per heavy atom. The van der Waals surface area contributed by atoms with Crippen LogP contribution in [0.3, 0.4) is 0 Å². The molecule has 0 aromatic rings. The van der Waals surface area contributed by atoms with Crippen molar-refractivity contribution < 1.29 is 9.53 Å². The van der Waals surface area contributed by atoms with Gasteiger partial charge < -0.3 is 9.64 Å². The Bertz CT molecular complexity index is 335. The molecule has 0 heterocycles. The maximum Gasteiger partial charge on any atom is 0.327 e. The average Bonchev–Trinajstić information content (AvgIpc) is 3.11. The molecule has 2 saturated carbocycles. The zero-order valence-electron chi connectivity index (χ0n) is 13.4. The third-order valence-corrected chi connectivity index (χ3v) is 4.82. The van der Waals surface area contributed by atoms with E-state index in [1.165, 1.54) is 32.8 Å². The summed E-state index contributed by atoms with van der Waals surface area (Å²) in [4.78, 5) is 14.9. The van der Waals surface area contributed by atoms with E-state index in [4.69, 9.17) is 4.74 Å². The van der Waals surface area contributed by atoms with Crippen LogP contribution in [-0.4, -0.2) is 49.2 Å². The van der Waals surface area contributed by atoms with Crippen molar-refractivity contribution in [1.29, 1.82) is 0 Å². The number of hydrogen-bond donors (Lipinski definition) is 1. The minimum absolute atomic E-state index is 0.0847. The Morgan fingerprint density at radius 1 is 1.30 bits per heavy atom. The zero-order valence-corrected chi connectivity index (χ0v) is 13.4. The Morgan fingerprint density at radius 2 is 1.90 bits per heavy atom. The van der Waals surface area contributed by atoms with E-state index in [2.05, 4.69) is 31.1 Å². The molecule has 1 atom stereocenters. The molecule has 0 aromatic heterocycles. The number of hydrogen-bond acceptors (Lipinski definition) is 4. The number of esters is 1. The van der Waals surface area contributed by atoms with E-state index < -0.39 is 5.54 Å². The molecule has 0 amide bonds. The summed E-state index contributed by atoms with van der Waals surface area (Å²) in [6, 6.07) is 0.915. The van der Waals surface area contributed by atoms with Crippen molar-refractivity contribution in [2.24, 2.45) is 5.92 Å². The van der Waals surface area contributed by atoms with Crippen molar-refractivity contribution >= 4 is 5.97 Å². The number of ether oxygens (including phenoxy) is 1. The number of carbonyl (C=O) groups excluding carboxylic acids is 1. The smallest absolute Gasteiger partial charge is 0.327 e. The van der Waals surface area contributed by atoms with E-state index in [-0.39, 0.29) is 12.0 Å². The van der Waals surface area contributed by atoms with Crippen molar-refractivity contribution in [3.05, 3.63) is 0 Å². The number of nitrogens with zero attached hydrogens (tertiary/aromatic N) is 1. The highest BCUT2D eigenvalue weighted by atomic mass is 16.5. The summed E-state index contributed by atoms with van der Waals surface area (Å²) in [5.41, 5.74) is -0.514. The summed E-state index contributed by atoms with van der Waals surface area (Å²) in [6.45, 7) is 4.98. The number of carbonyl (C=O) groups is 1. The number of methoxy groups -OCH3 is 1. The van der Waals surface area contributed by atoms with Crippen molar-refractivity contribution in [1.82, 2.24) is 10.2 Å². The van der Waals surface area contributed by atoms with E-state index in [1.54, 1.807) is 0 Å². The standard InChI is InChI=1S/C16H30N2O2/c1-12(2)17-16(13-9-10-13,15(19)20-4)11-18(3)14-7-5-6-8-14/h12-14,17H,5-11H2,1-4H3. The van der Waals surface area contributed by atoms with Gasteiger partial charge in [-0.15, -0.1) is 0 Å². The predicted octanol–water partition coefficient (Wildman–Crippen LogP) is 2.18. The van der Waals surface area contributed by atoms with E-state index >= 15 is 0 Å². The monoisotopic (exact) mass is 282 g/mol. The van der Waals surface area contributed by atoms with Crippen LogP contribution >= 0.6 is 0 Å². The Balaban J connectivity index is 2.13. The molecule has 1 unspecified atom stereocenters. The molecule has 2 rings (SSSR count). The first-order chi connectivity index (χ1) is 9.49. The molecule has 4 heteroatoms. The van der Waals surface area contributed by atoms with E-state index in [1.807, 2.05) is 0 Å². The molecule has 0 bridgehead atoms. The molecule has 0 radical (unpaired) electrons. The molecule has 1 N–H and O–H groups in total. The van der Waals surface area contributed by atoms with Crippen LogP contribution in [-0.2, 0) is 9.53 Å². The van der Waals surface area contributed by atoms with Gasteiger partial charge in [0, 0.05) is 18.6 Å². The molecule has 2 aliphatic carbocycles. The highest BCUT2D eigenvalue weighted by molar-refractivity contribution is 5.82. The SMILES string of the molecule is COC(=O)C(CN(C)C1CCCC1)(NC(C)C)C1CC1. The van der Waals surface area contributed by atoms with Crippen LogP contribution in [0.4, 0.5) is 0 Å². The van der Waals surface area contributed by atoms with Crippen molar-refractivity contribution in [3.8, 4) is 0 Å². The molecule has 0 spiro atoms. The minimum atomic E-state index is -0.514. The van der Waals surface area contributed by atoms with Crippen LogP contribution in [0.1, 0.15) is 52.4 Å². The van der Waals surface area contributed by atoms with Gasteiger partial charge in [0.2, 0.25) is 0 Å². The molecule has 2 fully saturated rings. The fraction of sp³-hybridized carbons (Fsp3) is 0.938. The maximum absolute atomic E-state index is 12.5. The summed E-state index contributed by atoms with van der Waals surface area (Å²) >= 11 is 0. The molecule has 116 valence electrons. The molecule has 0 aromatic carbocycles. The fourth-order valence-electron chi connectivity index (χ4n) is 3.72. The number of likely N-dealkylation sites (N-methyl/N-ethyl adjacent to an activating group) is 1. The van der Waals surface area contributed by atoms with E-state index in [0.29, 0.717) is 12.0 Å². The van der Waals surface area contributed by atoms with E-state index in [9.17, 15) is 4.79 Å². The van der Waals surface area contributed by atoms with Gasteiger partial charge in [0.1, 0.15) is 5.54 Å². The van der Waals surface area contributed by atoms with Crippen LogP contribution in [0.5, 0.6) is 0 Å². The molecule has 0 saturated heterocycles. The van der Waals surface area contributed by atoms with Gasteiger partial charge in [-0.2, -0.15) is 0 Å².